The lowest BCUT2D eigenvalue weighted by atomic mass is 10.1. The van der Waals surface area contributed by atoms with Crippen molar-refractivity contribution in [1.29, 1.82) is 0 Å². The summed E-state index contributed by atoms with van der Waals surface area (Å²) >= 11 is 0. The van der Waals surface area contributed by atoms with Gasteiger partial charge in [-0.2, -0.15) is 13.2 Å². The molecule has 0 unspecified atom stereocenters. The largest absolute Gasteiger partial charge is 0.450 e. The highest BCUT2D eigenvalue weighted by Crippen LogP contribution is 2.39. The van der Waals surface area contributed by atoms with E-state index in [1.54, 1.807) is 6.07 Å². The molecule has 0 radical (unpaired) electrons. The first kappa shape index (κ1) is 12.7. The summed E-state index contributed by atoms with van der Waals surface area (Å²) in [6.45, 7) is 0. The number of carbonyl (C=O) groups excluding carboxylic acids is 2. The van der Waals surface area contributed by atoms with Crippen LogP contribution in [0.5, 0.6) is 0 Å². The SMILES string of the molecule is O=C(CC(=O)C(F)(F)F)c1ccc(C2CC2)cn1. The fraction of sp³-hybridized carbons (Fsp3) is 0.417. The topological polar surface area (TPSA) is 47.0 Å². The Morgan fingerprint density at radius 3 is 2.39 bits per heavy atom. The van der Waals surface area contributed by atoms with Crippen molar-refractivity contribution in [2.45, 2.75) is 31.4 Å². The van der Waals surface area contributed by atoms with Crippen LogP contribution < -0.4 is 0 Å². The third-order valence-electron chi connectivity index (χ3n) is 2.76. The molecule has 6 heteroatoms. The zero-order chi connectivity index (χ0) is 13.3. The van der Waals surface area contributed by atoms with E-state index in [4.69, 9.17) is 0 Å². The van der Waals surface area contributed by atoms with Gasteiger partial charge in [-0.05, 0) is 30.4 Å². The molecule has 0 aliphatic heterocycles. The first-order chi connectivity index (χ1) is 8.38. The summed E-state index contributed by atoms with van der Waals surface area (Å²) in [6, 6.07) is 3.05. The maximum absolute atomic E-state index is 12.0. The van der Waals surface area contributed by atoms with Crippen LogP contribution in [0.3, 0.4) is 0 Å². The zero-order valence-electron chi connectivity index (χ0n) is 9.33. The normalized spacial score (nSPS) is 15.5. The number of pyridine rings is 1. The number of rotatable bonds is 4. The Morgan fingerprint density at radius 1 is 1.28 bits per heavy atom. The summed E-state index contributed by atoms with van der Waals surface area (Å²) in [5.74, 6) is -2.49. The van der Waals surface area contributed by atoms with Gasteiger partial charge in [0.1, 0.15) is 5.69 Å². The van der Waals surface area contributed by atoms with Gasteiger partial charge in [0.2, 0.25) is 5.78 Å². The summed E-state index contributed by atoms with van der Waals surface area (Å²) in [5, 5.41) is 0. The average molecular weight is 257 g/mol. The molecule has 18 heavy (non-hydrogen) atoms. The van der Waals surface area contributed by atoms with Crippen LogP contribution >= 0.6 is 0 Å². The fourth-order valence-electron chi connectivity index (χ4n) is 1.57. The molecule has 0 atom stereocenters. The number of hydrogen-bond acceptors (Lipinski definition) is 3. The third kappa shape index (κ3) is 2.94. The smallest absolute Gasteiger partial charge is 0.292 e. The predicted molar refractivity (Wildman–Crippen MR) is 56.2 cm³/mol. The molecular formula is C12H10F3NO2. The number of aromatic nitrogens is 1. The Balaban J connectivity index is 2.02. The van der Waals surface area contributed by atoms with Crippen LogP contribution in [-0.4, -0.2) is 22.7 Å². The van der Waals surface area contributed by atoms with Crippen LogP contribution in [0.15, 0.2) is 18.3 Å². The van der Waals surface area contributed by atoms with Crippen LogP contribution in [-0.2, 0) is 4.79 Å². The lowest BCUT2D eigenvalue weighted by Crippen LogP contribution is -2.25. The number of nitrogens with zero attached hydrogens (tertiary/aromatic N) is 1. The number of Topliss-reactive ketones (excluding diaryl/α,β-unsaturated/α-hetero) is 2. The second kappa shape index (κ2) is 4.51. The van der Waals surface area contributed by atoms with Crippen LogP contribution in [0.4, 0.5) is 13.2 Å². The maximum Gasteiger partial charge on any atom is 0.450 e. The summed E-state index contributed by atoms with van der Waals surface area (Å²) in [5.41, 5.74) is 0.880. The highest BCUT2D eigenvalue weighted by molar-refractivity contribution is 6.08. The van der Waals surface area contributed by atoms with Gasteiger partial charge in [-0.3, -0.25) is 14.6 Å². The highest BCUT2D eigenvalue weighted by Gasteiger charge is 2.39. The van der Waals surface area contributed by atoms with E-state index in [0.29, 0.717) is 5.92 Å². The first-order valence-electron chi connectivity index (χ1n) is 5.47. The molecule has 1 heterocycles. The summed E-state index contributed by atoms with van der Waals surface area (Å²) in [7, 11) is 0. The Bertz CT molecular complexity index is 475. The van der Waals surface area contributed by atoms with Crippen molar-refractivity contribution < 1.29 is 22.8 Å². The highest BCUT2D eigenvalue weighted by atomic mass is 19.4. The van der Waals surface area contributed by atoms with E-state index in [1.165, 1.54) is 12.3 Å². The van der Waals surface area contributed by atoms with Crippen molar-refractivity contribution in [3.63, 3.8) is 0 Å². The minimum Gasteiger partial charge on any atom is -0.292 e. The van der Waals surface area contributed by atoms with E-state index in [9.17, 15) is 22.8 Å². The predicted octanol–water partition coefficient (Wildman–Crippen LogP) is 2.66. The van der Waals surface area contributed by atoms with Gasteiger partial charge >= 0.3 is 6.18 Å². The molecule has 0 bridgehead atoms. The van der Waals surface area contributed by atoms with E-state index in [0.717, 1.165) is 18.4 Å². The van der Waals surface area contributed by atoms with Crippen LogP contribution in [0.25, 0.3) is 0 Å². The third-order valence-corrected chi connectivity index (χ3v) is 2.76. The van der Waals surface area contributed by atoms with Gasteiger partial charge in [-0.1, -0.05) is 6.07 Å². The van der Waals surface area contributed by atoms with E-state index in [-0.39, 0.29) is 5.69 Å². The zero-order valence-corrected chi connectivity index (χ0v) is 9.33. The van der Waals surface area contributed by atoms with Crippen molar-refractivity contribution in [3.05, 3.63) is 29.6 Å². The standard InChI is InChI=1S/C12H10F3NO2/c13-12(14,15)11(18)5-10(17)9-4-3-8(6-16-9)7-1-2-7/h3-4,6-7H,1-2,5H2. The second-order valence-electron chi connectivity index (χ2n) is 4.27. The molecular weight excluding hydrogens is 247 g/mol. The Labute approximate surface area is 101 Å². The van der Waals surface area contributed by atoms with Gasteiger partial charge in [-0.15, -0.1) is 0 Å². The van der Waals surface area contributed by atoms with E-state index >= 15 is 0 Å². The summed E-state index contributed by atoms with van der Waals surface area (Å²) < 4.78 is 35.9. The molecule has 1 aliphatic rings. The molecule has 0 N–H and O–H groups in total. The van der Waals surface area contributed by atoms with Crippen molar-refractivity contribution in [2.75, 3.05) is 0 Å². The van der Waals surface area contributed by atoms with Crippen molar-refractivity contribution in [3.8, 4) is 0 Å². The Morgan fingerprint density at radius 2 is 1.94 bits per heavy atom. The van der Waals surface area contributed by atoms with E-state index < -0.39 is 24.2 Å². The van der Waals surface area contributed by atoms with Crippen LogP contribution in [0.1, 0.15) is 41.2 Å². The molecule has 3 nitrogen and oxygen atoms in total. The molecule has 0 spiro atoms. The summed E-state index contributed by atoms with van der Waals surface area (Å²) in [6.07, 6.45) is -2.52. The molecule has 0 amide bonds. The Hall–Kier alpha value is -1.72. The molecule has 1 aliphatic carbocycles. The number of carbonyl (C=O) groups is 2. The van der Waals surface area contributed by atoms with Gasteiger partial charge in [-0.25, -0.2) is 0 Å². The first-order valence-corrected chi connectivity index (χ1v) is 5.47. The van der Waals surface area contributed by atoms with Crippen molar-refractivity contribution >= 4 is 11.6 Å². The van der Waals surface area contributed by atoms with E-state index in [1.807, 2.05) is 0 Å². The molecule has 1 fully saturated rings. The molecule has 0 aromatic carbocycles. The second-order valence-corrected chi connectivity index (χ2v) is 4.27. The van der Waals surface area contributed by atoms with Gasteiger partial charge in [0.05, 0.1) is 6.42 Å². The van der Waals surface area contributed by atoms with Crippen molar-refractivity contribution in [1.82, 2.24) is 4.98 Å². The minimum absolute atomic E-state index is 0.1000. The molecule has 1 saturated carbocycles. The number of ketones is 2. The minimum atomic E-state index is -4.97. The number of halogens is 3. The molecule has 1 aromatic rings. The lowest BCUT2D eigenvalue weighted by molar-refractivity contribution is -0.170. The van der Waals surface area contributed by atoms with Gasteiger partial charge in [0.15, 0.2) is 5.78 Å². The molecule has 96 valence electrons. The van der Waals surface area contributed by atoms with Gasteiger partial charge < -0.3 is 0 Å². The maximum atomic E-state index is 12.0. The average Bonchev–Trinajstić information content (AvgIpc) is 3.11. The Kier molecular flexibility index (Phi) is 3.19. The summed E-state index contributed by atoms with van der Waals surface area (Å²) in [4.78, 5) is 25.9. The number of hydrogen-bond donors (Lipinski definition) is 0. The van der Waals surface area contributed by atoms with Crippen LogP contribution in [0.2, 0.25) is 0 Å². The fourth-order valence-corrected chi connectivity index (χ4v) is 1.57. The quantitative estimate of drug-likeness (QED) is 0.615. The molecule has 1 aromatic heterocycles. The molecule has 0 saturated heterocycles. The van der Waals surface area contributed by atoms with Crippen molar-refractivity contribution in [2.24, 2.45) is 0 Å². The monoisotopic (exact) mass is 257 g/mol. The van der Waals surface area contributed by atoms with Gasteiger partial charge in [0, 0.05) is 6.20 Å². The number of alkyl halides is 3. The van der Waals surface area contributed by atoms with Crippen LogP contribution in [0, 0.1) is 0 Å². The van der Waals surface area contributed by atoms with E-state index in [2.05, 4.69) is 4.98 Å². The lowest BCUT2D eigenvalue weighted by Gasteiger charge is -2.04. The molecule has 2 rings (SSSR count). The van der Waals surface area contributed by atoms with Gasteiger partial charge in [0.25, 0.3) is 0 Å².